The molecular weight excluding hydrogens is 226 g/mol. The Bertz CT molecular complexity index is 241. The standard InChI is InChI=1S/C15H29NO2/c1-12-6-5-7-15(13(12)2)18-11-14(17)10-16-8-3-4-9-16/h12-15,17H,3-11H2,1-2H3/t12?,13?,14-,15?/m1/s1. The summed E-state index contributed by atoms with van der Waals surface area (Å²) in [6.45, 7) is 8.21. The van der Waals surface area contributed by atoms with E-state index in [-0.39, 0.29) is 6.10 Å². The molecule has 0 aromatic carbocycles. The van der Waals surface area contributed by atoms with Crippen LogP contribution in [0.4, 0.5) is 0 Å². The summed E-state index contributed by atoms with van der Waals surface area (Å²) in [6, 6.07) is 0. The number of aliphatic hydroxyl groups excluding tert-OH is 1. The van der Waals surface area contributed by atoms with Crippen LogP contribution in [0.1, 0.15) is 46.0 Å². The van der Waals surface area contributed by atoms with E-state index in [1.807, 2.05) is 0 Å². The molecule has 3 heteroatoms. The van der Waals surface area contributed by atoms with Gasteiger partial charge in [-0.3, -0.25) is 0 Å². The zero-order valence-electron chi connectivity index (χ0n) is 12.0. The number of β-amino-alcohol motifs (C(OH)–C–C–N with tert-alkyl or cyclic N) is 1. The third kappa shape index (κ3) is 3.94. The molecule has 0 bridgehead atoms. The molecule has 1 aliphatic carbocycles. The molecule has 2 fully saturated rings. The summed E-state index contributed by atoms with van der Waals surface area (Å²) in [6.07, 6.45) is 6.39. The molecule has 0 aromatic heterocycles. The summed E-state index contributed by atoms with van der Waals surface area (Å²) in [5.41, 5.74) is 0. The molecule has 4 atom stereocenters. The Morgan fingerprint density at radius 1 is 1.17 bits per heavy atom. The first-order chi connectivity index (χ1) is 8.66. The van der Waals surface area contributed by atoms with E-state index in [2.05, 4.69) is 18.7 Å². The highest BCUT2D eigenvalue weighted by Gasteiger charge is 2.28. The van der Waals surface area contributed by atoms with Crippen molar-refractivity contribution in [2.45, 2.75) is 58.2 Å². The van der Waals surface area contributed by atoms with Crippen molar-refractivity contribution in [1.82, 2.24) is 4.90 Å². The van der Waals surface area contributed by atoms with E-state index in [1.165, 1.54) is 32.1 Å². The molecule has 3 unspecified atom stereocenters. The zero-order chi connectivity index (χ0) is 13.0. The maximum atomic E-state index is 10.0. The van der Waals surface area contributed by atoms with Crippen molar-refractivity contribution < 1.29 is 9.84 Å². The van der Waals surface area contributed by atoms with Crippen LogP contribution in [0.2, 0.25) is 0 Å². The normalized spacial score (nSPS) is 35.8. The third-order valence-corrected chi connectivity index (χ3v) is 4.80. The first-order valence-corrected chi connectivity index (χ1v) is 7.69. The predicted molar refractivity (Wildman–Crippen MR) is 73.6 cm³/mol. The molecule has 1 N–H and O–H groups in total. The Morgan fingerprint density at radius 3 is 2.61 bits per heavy atom. The minimum Gasteiger partial charge on any atom is -0.389 e. The second kappa shape index (κ2) is 6.88. The van der Waals surface area contributed by atoms with E-state index >= 15 is 0 Å². The molecular formula is C15H29NO2. The molecule has 106 valence electrons. The Hall–Kier alpha value is -0.120. The lowest BCUT2D eigenvalue weighted by Gasteiger charge is -2.34. The molecule has 0 amide bonds. The molecule has 3 nitrogen and oxygen atoms in total. The molecule has 18 heavy (non-hydrogen) atoms. The van der Waals surface area contributed by atoms with Gasteiger partial charge in [0.05, 0.1) is 18.8 Å². The summed E-state index contributed by atoms with van der Waals surface area (Å²) in [5, 5.41) is 10.0. The minimum absolute atomic E-state index is 0.312. The van der Waals surface area contributed by atoms with Crippen molar-refractivity contribution in [1.29, 1.82) is 0 Å². The van der Waals surface area contributed by atoms with E-state index in [9.17, 15) is 5.11 Å². The highest BCUT2D eigenvalue weighted by atomic mass is 16.5. The maximum absolute atomic E-state index is 10.0. The summed E-state index contributed by atoms with van der Waals surface area (Å²) in [4.78, 5) is 2.35. The fraction of sp³-hybridized carbons (Fsp3) is 1.00. The lowest BCUT2D eigenvalue weighted by molar-refractivity contribution is -0.0629. The molecule has 1 saturated carbocycles. The van der Waals surface area contributed by atoms with Gasteiger partial charge in [0.2, 0.25) is 0 Å². The minimum atomic E-state index is -0.312. The van der Waals surface area contributed by atoms with Crippen LogP contribution in [0.3, 0.4) is 0 Å². The maximum Gasteiger partial charge on any atom is 0.0900 e. The zero-order valence-corrected chi connectivity index (χ0v) is 12.0. The molecule has 2 aliphatic rings. The second-order valence-electron chi connectivity index (χ2n) is 6.30. The van der Waals surface area contributed by atoms with Crippen LogP contribution in [0.15, 0.2) is 0 Å². The average molecular weight is 255 g/mol. The van der Waals surface area contributed by atoms with E-state index in [0.29, 0.717) is 18.6 Å². The molecule has 2 rings (SSSR count). The number of hydrogen-bond donors (Lipinski definition) is 1. The largest absolute Gasteiger partial charge is 0.389 e. The summed E-state index contributed by atoms with van der Waals surface area (Å²) in [5.74, 6) is 1.40. The lowest BCUT2D eigenvalue weighted by Crippen LogP contribution is -2.37. The summed E-state index contributed by atoms with van der Waals surface area (Å²) in [7, 11) is 0. The monoisotopic (exact) mass is 255 g/mol. The van der Waals surface area contributed by atoms with Gasteiger partial charge >= 0.3 is 0 Å². The van der Waals surface area contributed by atoms with Gasteiger partial charge in [0.25, 0.3) is 0 Å². The van der Waals surface area contributed by atoms with Gasteiger partial charge in [-0.05, 0) is 44.2 Å². The average Bonchev–Trinajstić information content (AvgIpc) is 2.84. The SMILES string of the molecule is CC1CCCC(OC[C@H](O)CN2CCCC2)C1C. The van der Waals surface area contributed by atoms with Gasteiger partial charge < -0.3 is 14.7 Å². The highest BCUT2D eigenvalue weighted by molar-refractivity contribution is 4.78. The predicted octanol–water partition coefficient (Wildman–Crippen LogP) is 2.28. The van der Waals surface area contributed by atoms with Gasteiger partial charge in [-0.2, -0.15) is 0 Å². The van der Waals surface area contributed by atoms with E-state index < -0.39 is 0 Å². The third-order valence-electron chi connectivity index (χ3n) is 4.80. The van der Waals surface area contributed by atoms with Crippen molar-refractivity contribution >= 4 is 0 Å². The van der Waals surface area contributed by atoms with Crippen LogP contribution in [-0.2, 0) is 4.74 Å². The smallest absolute Gasteiger partial charge is 0.0900 e. The molecule has 1 saturated heterocycles. The van der Waals surface area contributed by atoms with Gasteiger partial charge in [-0.15, -0.1) is 0 Å². The van der Waals surface area contributed by atoms with Crippen LogP contribution in [0.25, 0.3) is 0 Å². The van der Waals surface area contributed by atoms with E-state index in [1.54, 1.807) is 0 Å². The Kier molecular flexibility index (Phi) is 5.46. The van der Waals surface area contributed by atoms with Crippen LogP contribution < -0.4 is 0 Å². The molecule has 0 aromatic rings. The number of nitrogens with zero attached hydrogens (tertiary/aromatic N) is 1. The quantitative estimate of drug-likeness (QED) is 0.818. The molecule has 0 radical (unpaired) electrons. The van der Waals surface area contributed by atoms with Gasteiger partial charge in [-0.25, -0.2) is 0 Å². The van der Waals surface area contributed by atoms with Crippen molar-refractivity contribution in [2.24, 2.45) is 11.8 Å². The van der Waals surface area contributed by atoms with Gasteiger partial charge in [0.1, 0.15) is 0 Å². The summed E-state index contributed by atoms with van der Waals surface area (Å²) < 4.78 is 5.96. The van der Waals surface area contributed by atoms with Crippen LogP contribution >= 0.6 is 0 Å². The van der Waals surface area contributed by atoms with Gasteiger partial charge in [-0.1, -0.05) is 26.7 Å². The number of ether oxygens (including phenoxy) is 1. The molecule has 1 heterocycles. The van der Waals surface area contributed by atoms with Crippen LogP contribution in [0, 0.1) is 11.8 Å². The van der Waals surface area contributed by atoms with Gasteiger partial charge in [0, 0.05) is 6.54 Å². The molecule has 1 aliphatic heterocycles. The summed E-state index contributed by atoms with van der Waals surface area (Å²) >= 11 is 0. The van der Waals surface area contributed by atoms with Crippen molar-refractivity contribution in [3.05, 3.63) is 0 Å². The fourth-order valence-electron chi connectivity index (χ4n) is 3.32. The molecule has 0 spiro atoms. The second-order valence-corrected chi connectivity index (χ2v) is 6.30. The Labute approximate surface area is 112 Å². The number of hydrogen-bond acceptors (Lipinski definition) is 3. The van der Waals surface area contributed by atoms with Crippen LogP contribution in [-0.4, -0.2) is 48.5 Å². The van der Waals surface area contributed by atoms with Crippen molar-refractivity contribution in [3.63, 3.8) is 0 Å². The number of rotatable bonds is 5. The Balaban J connectivity index is 1.66. The lowest BCUT2D eigenvalue weighted by atomic mass is 9.79. The number of likely N-dealkylation sites (tertiary alicyclic amines) is 1. The van der Waals surface area contributed by atoms with Crippen molar-refractivity contribution in [2.75, 3.05) is 26.2 Å². The van der Waals surface area contributed by atoms with Crippen molar-refractivity contribution in [3.8, 4) is 0 Å². The Morgan fingerprint density at radius 2 is 1.89 bits per heavy atom. The van der Waals surface area contributed by atoms with E-state index in [4.69, 9.17) is 4.74 Å². The topological polar surface area (TPSA) is 32.7 Å². The first kappa shape index (κ1) is 14.3. The number of aliphatic hydroxyl groups is 1. The van der Waals surface area contributed by atoms with Gasteiger partial charge in [0.15, 0.2) is 0 Å². The first-order valence-electron chi connectivity index (χ1n) is 7.69. The fourth-order valence-corrected chi connectivity index (χ4v) is 3.32. The highest BCUT2D eigenvalue weighted by Crippen LogP contribution is 2.31. The van der Waals surface area contributed by atoms with Crippen LogP contribution in [0.5, 0.6) is 0 Å². The van der Waals surface area contributed by atoms with E-state index in [0.717, 1.165) is 25.6 Å².